The molecule has 0 saturated heterocycles. The van der Waals surface area contributed by atoms with Gasteiger partial charge in [0.25, 0.3) is 0 Å². The van der Waals surface area contributed by atoms with Gasteiger partial charge in [-0.1, -0.05) is 41.0 Å². The molecule has 3 N–H and O–H groups in total. The van der Waals surface area contributed by atoms with Crippen molar-refractivity contribution in [2.75, 3.05) is 6.54 Å². The molecule has 3 unspecified atom stereocenters. The topological polar surface area (TPSA) is 74.2 Å². The third-order valence-electron chi connectivity index (χ3n) is 4.29. The van der Waals surface area contributed by atoms with Gasteiger partial charge in [0.15, 0.2) is 0 Å². The lowest BCUT2D eigenvalue weighted by molar-refractivity contribution is 0.00785. The van der Waals surface area contributed by atoms with E-state index in [9.17, 15) is 9.90 Å². The van der Waals surface area contributed by atoms with Gasteiger partial charge in [-0.05, 0) is 19.8 Å². The Hall–Kier alpha value is -1.14. The molecule has 1 heterocycles. The van der Waals surface area contributed by atoms with E-state index >= 15 is 0 Å². The fourth-order valence-electron chi connectivity index (χ4n) is 2.01. The molecule has 0 fully saturated rings. The third-order valence-corrected chi connectivity index (χ3v) is 5.32. The number of carbonyl (C=O) groups is 1. The maximum absolute atomic E-state index is 12.0. The molecule has 0 spiro atoms. The van der Waals surface area contributed by atoms with Crippen LogP contribution in [0.3, 0.4) is 0 Å². The lowest BCUT2D eigenvalue weighted by Crippen LogP contribution is -2.48. The van der Waals surface area contributed by atoms with E-state index in [1.165, 1.54) is 0 Å². The van der Waals surface area contributed by atoms with E-state index in [2.05, 4.69) is 36.4 Å². The van der Waals surface area contributed by atoms with Gasteiger partial charge in [-0.2, -0.15) is 0 Å². The fourth-order valence-corrected chi connectivity index (χ4v) is 3.07. The van der Waals surface area contributed by atoms with Gasteiger partial charge in [-0.3, -0.25) is 0 Å². The van der Waals surface area contributed by atoms with E-state index < -0.39 is 5.60 Å². The Morgan fingerprint density at radius 3 is 2.43 bits per heavy atom. The van der Waals surface area contributed by atoms with Gasteiger partial charge in [0.2, 0.25) is 0 Å². The van der Waals surface area contributed by atoms with Crippen LogP contribution < -0.4 is 10.6 Å². The minimum absolute atomic E-state index is 0.00568. The van der Waals surface area contributed by atoms with Crippen molar-refractivity contribution < 1.29 is 9.90 Å². The summed E-state index contributed by atoms with van der Waals surface area (Å²) in [5.74, 6) is 0.119. The van der Waals surface area contributed by atoms with Gasteiger partial charge in [0, 0.05) is 17.3 Å². The summed E-state index contributed by atoms with van der Waals surface area (Å²) in [5.41, 5.74) is 0.132. The monoisotopic (exact) mass is 341 g/mol. The summed E-state index contributed by atoms with van der Waals surface area (Å²) >= 11 is 1.56. The maximum atomic E-state index is 12.0. The van der Waals surface area contributed by atoms with Crippen LogP contribution in [0.5, 0.6) is 0 Å². The predicted octanol–water partition coefficient (Wildman–Crippen LogP) is 3.60. The molecule has 6 heteroatoms. The lowest BCUT2D eigenvalue weighted by atomic mass is 9.89. The highest BCUT2D eigenvalue weighted by molar-refractivity contribution is 7.09. The smallest absolute Gasteiger partial charge is 0.315 e. The first kappa shape index (κ1) is 19.9. The van der Waals surface area contributed by atoms with Crippen LogP contribution in [-0.2, 0) is 5.41 Å². The normalized spacial score (nSPS) is 17.2. The second kappa shape index (κ2) is 7.62. The SMILES string of the molecule is CCC(C)C(C)(O)CNC(=O)NC(C)c1nc(C(C)(C)C)cs1. The zero-order chi connectivity index (χ0) is 17.8. The average Bonchev–Trinajstić information content (AvgIpc) is 2.94. The summed E-state index contributed by atoms with van der Waals surface area (Å²) in [7, 11) is 0. The summed E-state index contributed by atoms with van der Waals surface area (Å²) in [6.07, 6.45) is 0.862. The van der Waals surface area contributed by atoms with E-state index in [1.807, 2.05) is 26.2 Å². The van der Waals surface area contributed by atoms with E-state index in [0.717, 1.165) is 17.1 Å². The molecule has 23 heavy (non-hydrogen) atoms. The van der Waals surface area contributed by atoms with Crippen molar-refractivity contribution in [3.05, 3.63) is 16.1 Å². The van der Waals surface area contributed by atoms with E-state index in [1.54, 1.807) is 18.3 Å². The van der Waals surface area contributed by atoms with Gasteiger partial charge < -0.3 is 15.7 Å². The Kier molecular flexibility index (Phi) is 6.59. The number of nitrogens with zero attached hydrogens (tertiary/aromatic N) is 1. The number of aliphatic hydroxyl groups is 1. The van der Waals surface area contributed by atoms with E-state index in [0.29, 0.717) is 0 Å². The number of amides is 2. The number of urea groups is 1. The van der Waals surface area contributed by atoms with Gasteiger partial charge >= 0.3 is 6.03 Å². The lowest BCUT2D eigenvalue weighted by Gasteiger charge is -2.30. The number of rotatable bonds is 6. The first-order chi connectivity index (χ1) is 10.5. The summed E-state index contributed by atoms with van der Waals surface area (Å²) in [4.78, 5) is 16.6. The first-order valence-corrected chi connectivity index (χ1v) is 9.08. The first-order valence-electron chi connectivity index (χ1n) is 8.20. The number of thiazole rings is 1. The molecule has 0 bridgehead atoms. The minimum atomic E-state index is -0.907. The van der Waals surface area contributed by atoms with Crippen LogP contribution in [0.1, 0.15) is 71.6 Å². The Balaban J connectivity index is 2.56. The number of hydrogen-bond donors (Lipinski definition) is 3. The van der Waals surface area contributed by atoms with Crippen molar-refractivity contribution in [1.82, 2.24) is 15.6 Å². The Morgan fingerprint density at radius 2 is 1.96 bits per heavy atom. The van der Waals surface area contributed by atoms with Gasteiger partial charge in [0.1, 0.15) is 5.01 Å². The van der Waals surface area contributed by atoms with E-state index in [-0.39, 0.29) is 30.0 Å². The third kappa shape index (κ3) is 5.77. The fraction of sp³-hybridized carbons (Fsp3) is 0.765. The van der Waals surface area contributed by atoms with Crippen LogP contribution in [-0.4, -0.2) is 28.3 Å². The molecular weight excluding hydrogens is 310 g/mol. The Labute approximate surface area is 143 Å². The molecule has 1 aromatic rings. The number of nitrogens with one attached hydrogen (secondary N) is 2. The summed E-state index contributed by atoms with van der Waals surface area (Å²) < 4.78 is 0. The zero-order valence-electron chi connectivity index (χ0n) is 15.4. The van der Waals surface area contributed by atoms with Crippen LogP contribution in [0.4, 0.5) is 4.79 Å². The number of aromatic nitrogens is 1. The van der Waals surface area contributed by atoms with Crippen LogP contribution in [0.15, 0.2) is 5.38 Å². The molecule has 132 valence electrons. The molecule has 0 aliphatic heterocycles. The van der Waals surface area contributed by atoms with E-state index in [4.69, 9.17) is 0 Å². The summed E-state index contributed by atoms with van der Waals surface area (Å²) in [6.45, 7) is 14.3. The van der Waals surface area contributed by atoms with Crippen LogP contribution in [0.2, 0.25) is 0 Å². The molecule has 1 rings (SSSR count). The van der Waals surface area contributed by atoms with Crippen molar-refractivity contribution in [2.24, 2.45) is 5.92 Å². The van der Waals surface area contributed by atoms with Gasteiger partial charge in [-0.25, -0.2) is 9.78 Å². The molecule has 5 nitrogen and oxygen atoms in total. The van der Waals surface area contributed by atoms with Gasteiger partial charge in [0.05, 0.1) is 17.3 Å². The molecular formula is C17H31N3O2S. The largest absolute Gasteiger partial charge is 0.388 e. The standard InChI is InChI=1S/C17H31N3O2S/c1-8-11(2)17(7,22)10-18-15(21)19-12(3)14-20-13(9-23-14)16(4,5)6/h9,11-12,22H,8,10H2,1-7H3,(H2,18,19,21). The van der Waals surface area contributed by atoms with Crippen molar-refractivity contribution in [2.45, 2.75) is 71.9 Å². The zero-order valence-corrected chi connectivity index (χ0v) is 16.2. The molecule has 0 aliphatic carbocycles. The summed E-state index contributed by atoms with van der Waals surface area (Å²) in [5, 5.41) is 18.9. The quantitative estimate of drug-likeness (QED) is 0.740. The molecule has 0 saturated carbocycles. The molecule has 1 aromatic heterocycles. The molecule has 0 aliphatic rings. The van der Waals surface area contributed by atoms with Crippen LogP contribution in [0, 0.1) is 5.92 Å². The predicted molar refractivity (Wildman–Crippen MR) is 95.8 cm³/mol. The molecule has 0 radical (unpaired) electrons. The Morgan fingerprint density at radius 1 is 1.35 bits per heavy atom. The van der Waals surface area contributed by atoms with Crippen molar-refractivity contribution in [3.63, 3.8) is 0 Å². The molecule has 2 amide bonds. The second-order valence-corrected chi connectivity index (χ2v) is 8.43. The molecule has 0 aromatic carbocycles. The number of hydrogen-bond acceptors (Lipinski definition) is 4. The minimum Gasteiger partial charge on any atom is -0.388 e. The molecule has 3 atom stereocenters. The van der Waals surface area contributed by atoms with Crippen molar-refractivity contribution in [3.8, 4) is 0 Å². The number of carbonyl (C=O) groups excluding carboxylic acids is 1. The Bertz CT molecular complexity index is 520. The van der Waals surface area contributed by atoms with Crippen molar-refractivity contribution >= 4 is 17.4 Å². The summed E-state index contributed by atoms with van der Waals surface area (Å²) in [6, 6.07) is -0.446. The van der Waals surface area contributed by atoms with Crippen LogP contribution >= 0.6 is 11.3 Å². The maximum Gasteiger partial charge on any atom is 0.315 e. The highest BCUT2D eigenvalue weighted by Crippen LogP contribution is 2.26. The second-order valence-electron chi connectivity index (χ2n) is 7.54. The van der Waals surface area contributed by atoms with Crippen molar-refractivity contribution in [1.29, 1.82) is 0 Å². The van der Waals surface area contributed by atoms with Gasteiger partial charge in [-0.15, -0.1) is 11.3 Å². The highest BCUT2D eigenvalue weighted by Gasteiger charge is 2.28. The average molecular weight is 342 g/mol. The highest BCUT2D eigenvalue weighted by atomic mass is 32.1. The van der Waals surface area contributed by atoms with Crippen LogP contribution in [0.25, 0.3) is 0 Å².